The monoisotopic (exact) mass is 269 g/mol. The molecule has 0 aromatic rings. The van der Waals surface area contributed by atoms with Crippen molar-refractivity contribution >= 4 is 5.97 Å². The van der Waals surface area contributed by atoms with Crippen LogP contribution in [0.5, 0.6) is 0 Å². The minimum Gasteiger partial charge on any atom is -0.481 e. The highest BCUT2D eigenvalue weighted by molar-refractivity contribution is 5.67. The van der Waals surface area contributed by atoms with Crippen LogP contribution in [0, 0.1) is 0 Å². The third kappa shape index (κ3) is 4.45. The molecule has 0 aliphatic carbocycles. The molecule has 0 aromatic heterocycles. The van der Waals surface area contributed by atoms with E-state index in [-0.39, 0.29) is 19.2 Å². The molecule has 7 heteroatoms. The summed E-state index contributed by atoms with van der Waals surface area (Å²) in [5.74, 6) is -1.44. The Balaban J connectivity index is 2.69. The average molecular weight is 269 g/mol. The molecule has 1 heterocycles. The van der Waals surface area contributed by atoms with Crippen LogP contribution >= 0.6 is 0 Å². The highest BCUT2D eigenvalue weighted by atomic mass is 19.4. The van der Waals surface area contributed by atoms with E-state index in [0.717, 1.165) is 17.7 Å². The van der Waals surface area contributed by atoms with Crippen molar-refractivity contribution in [3.05, 3.63) is 0 Å². The smallest absolute Gasteiger partial charge is 0.404 e. The van der Waals surface area contributed by atoms with Crippen molar-refractivity contribution in [2.24, 2.45) is 0 Å². The predicted octanol–water partition coefficient (Wildman–Crippen LogP) is 1.89. The Labute approximate surface area is 104 Å². The van der Waals surface area contributed by atoms with Crippen LogP contribution in [0.3, 0.4) is 0 Å². The molecule has 2 unspecified atom stereocenters. The van der Waals surface area contributed by atoms with Gasteiger partial charge in [-0.25, -0.2) is 0 Å². The van der Waals surface area contributed by atoms with E-state index in [1.807, 2.05) is 0 Å². The van der Waals surface area contributed by atoms with Crippen LogP contribution in [0.25, 0.3) is 0 Å². The molecule has 0 radical (unpaired) electrons. The summed E-state index contributed by atoms with van der Waals surface area (Å²) in [7, 11) is 0. The second-order valence-electron chi connectivity index (χ2n) is 4.38. The molecule has 0 spiro atoms. The van der Waals surface area contributed by atoms with Gasteiger partial charge in [-0.1, -0.05) is 6.92 Å². The summed E-state index contributed by atoms with van der Waals surface area (Å²) in [4.78, 5) is 11.7. The zero-order valence-electron chi connectivity index (χ0n) is 10.2. The number of alkyl halides is 3. The van der Waals surface area contributed by atoms with Crippen molar-refractivity contribution in [1.82, 2.24) is 4.90 Å². The number of ether oxygens (including phenoxy) is 1. The minimum atomic E-state index is -4.53. The van der Waals surface area contributed by atoms with Crippen LogP contribution in [0.4, 0.5) is 13.2 Å². The topological polar surface area (TPSA) is 49.8 Å². The lowest BCUT2D eigenvalue weighted by Gasteiger charge is -2.32. The SMILES string of the molecule is CCN(CC1CCCO1)C(CC(=O)O)C(F)(F)F. The van der Waals surface area contributed by atoms with E-state index in [1.165, 1.54) is 0 Å². The maximum atomic E-state index is 12.8. The average Bonchev–Trinajstić information content (AvgIpc) is 2.74. The fraction of sp³-hybridized carbons (Fsp3) is 0.909. The van der Waals surface area contributed by atoms with Crippen LogP contribution in [-0.4, -0.2) is 54.0 Å². The zero-order chi connectivity index (χ0) is 13.8. The van der Waals surface area contributed by atoms with Gasteiger partial charge in [-0.05, 0) is 19.4 Å². The van der Waals surface area contributed by atoms with E-state index in [2.05, 4.69) is 0 Å². The number of nitrogens with zero attached hydrogens (tertiary/aromatic N) is 1. The van der Waals surface area contributed by atoms with Gasteiger partial charge < -0.3 is 9.84 Å². The Bertz CT molecular complexity index is 277. The molecule has 0 saturated carbocycles. The lowest BCUT2D eigenvalue weighted by Crippen LogP contribution is -2.49. The third-order valence-electron chi connectivity index (χ3n) is 3.05. The van der Waals surface area contributed by atoms with Crippen LogP contribution in [0.2, 0.25) is 0 Å². The third-order valence-corrected chi connectivity index (χ3v) is 3.05. The van der Waals surface area contributed by atoms with Gasteiger partial charge in [0.15, 0.2) is 0 Å². The molecule has 1 fully saturated rings. The number of hydrogen-bond acceptors (Lipinski definition) is 3. The number of rotatable bonds is 6. The second-order valence-corrected chi connectivity index (χ2v) is 4.38. The van der Waals surface area contributed by atoms with Gasteiger partial charge in [0.25, 0.3) is 0 Å². The highest BCUT2D eigenvalue weighted by Gasteiger charge is 2.44. The Hall–Kier alpha value is -0.820. The van der Waals surface area contributed by atoms with E-state index < -0.39 is 24.6 Å². The second kappa shape index (κ2) is 6.38. The Morgan fingerprint density at radius 1 is 1.56 bits per heavy atom. The first kappa shape index (κ1) is 15.2. The van der Waals surface area contributed by atoms with Gasteiger partial charge in [-0.2, -0.15) is 13.2 Å². The summed E-state index contributed by atoms with van der Waals surface area (Å²) in [5, 5.41) is 8.59. The van der Waals surface area contributed by atoms with E-state index >= 15 is 0 Å². The Morgan fingerprint density at radius 2 is 2.22 bits per heavy atom. The van der Waals surface area contributed by atoms with Gasteiger partial charge in [0.1, 0.15) is 6.04 Å². The standard InChI is InChI=1S/C11H18F3NO3/c1-2-15(7-8-4-3-5-18-8)9(6-10(16)17)11(12,13)14/h8-9H,2-7H2,1H3,(H,16,17). The molecular formula is C11H18F3NO3. The molecule has 2 atom stereocenters. The summed E-state index contributed by atoms with van der Waals surface area (Å²) >= 11 is 0. The summed E-state index contributed by atoms with van der Waals surface area (Å²) < 4.78 is 43.8. The first-order valence-corrected chi connectivity index (χ1v) is 5.98. The predicted molar refractivity (Wildman–Crippen MR) is 58.3 cm³/mol. The first-order chi connectivity index (χ1) is 8.34. The molecule has 1 rings (SSSR count). The number of hydrogen-bond donors (Lipinski definition) is 1. The fourth-order valence-corrected chi connectivity index (χ4v) is 2.14. The lowest BCUT2D eigenvalue weighted by atomic mass is 10.1. The van der Waals surface area contributed by atoms with Gasteiger partial charge in [0.2, 0.25) is 0 Å². The number of halogens is 3. The molecule has 1 saturated heterocycles. The minimum absolute atomic E-state index is 0.133. The van der Waals surface area contributed by atoms with Crippen molar-refractivity contribution in [2.45, 2.75) is 44.5 Å². The van der Waals surface area contributed by atoms with Crippen molar-refractivity contribution in [3.63, 3.8) is 0 Å². The van der Waals surface area contributed by atoms with Crippen LogP contribution in [0.15, 0.2) is 0 Å². The summed E-state index contributed by atoms with van der Waals surface area (Å²) in [6, 6.07) is -1.94. The first-order valence-electron chi connectivity index (χ1n) is 5.98. The van der Waals surface area contributed by atoms with Crippen LogP contribution in [-0.2, 0) is 9.53 Å². The largest absolute Gasteiger partial charge is 0.481 e. The summed E-state index contributed by atoms with van der Waals surface area (Å²) in [6.07, 6.45) is -4.10. The molecule has 0 amide bonds. The molecule has 106 valence electrons. The van der Waals surface area contributed by atoms with Gasteiger partial charge in [-0.15, -0.1) is 0 Å². The van der Waals surface area contributed by atoms with E-state index in [4.69, 9.17) is 9.84 Å². The van der Waals surface area contributed by atoms with Gasteiger partial charge in [0.05, 0.1) is 12.5 Å². The summed E-state index contributed by atoms with van der Waals surface area (Å²) in [5.41, 5.74) is 0. The fourth-order valence-electron chi connectivity index (χ4n) is 2.14. The van der Waals surface area contributed by atoms with Crippen molar-refractivity contribution in [1.29, 1.82) is 0 Å². The molecule has 1 aliphatic rings. The molecule has 18 heavy (non-hydrogen) atoms. The molecule has 4 nitrogen and oxygen atoms in total. The number of carbonyl (C=O) groups is 1. The summed E-state index contributed by atoms with van der Waals surface area (Å²) in [6.45, 7) is 2.44. The zero-order valence-corrected chi connectivity index (χ0v) is 10.2. The number of carboxylic acids is 1. The molecule has 0 aromatic carbocycles. The van der Waals surface area contributed by atoms with Gasteiger partial charge >= 0.3 is 12.1 Å². The van der Waals surface area contributed by atoms with Crippen molar-refractivity contribution < 1.29 is 27.8 Å². The normalized spacial score (nSPS) is 22.4. The van der Waals surface area contributed by atoms with E-state index in [0.29, 0.717) is 6.61 Å². The molecular weight excluding hydrogens is 251 g/mol. The van der Waals surface area contributed by atoms with E-state index in [1.54, 1.807) is 6.92 Å². The maximum Gasteiger partial charge on any atom is 0.404 e. The lowest BCUT2D eigenvalue weighted by molar-refractivity contribution is -0.192. The van der Waals surface area contributed by atoms with Crippen LogP contribution < -0.4 is 0 Å². The highest BCUT2D eigenvalue weighted by Crippen LogP contribution is 2.28. The van der Waals surface area contributed by atoms with Gasteiger partial charge in [0, 0.05) is 13.2 Å². The van der Waals surface area contributed by atoms with Gasteiger partial charge in [-0.3, -0.25) is 9.69 Å². The maximum absolute atomic E-state index is 12.8. The quantitative estimate of drug-likeness (QED) is 0.800. The Kier molecular flexibility index (Phi) is 5.40. The van der Waals surface area contributed by atoms with E-state index in [9.17, 15) is 18.0 Å². The number of carboxylic acid groups (broad SMARTS) is 1. The number of likely N-dealkylation sites (N-methyl/N-ethyl adjacent to an activating group) is 1. The Morgan fingerprint density at radius 3 is 2.61 bits per heavy atom. The molecule has 0 bridgehead atoms. The van der Waals surface area contributed by atoms with Crippen molar-refractivity contribution in [3.8, 4) is 0 Å². The number of aliphatic carboxylic acids is 1. The van der Waals surface area contributed by atoms with Crippen LogP contribution in [0.1, 0.15) is 26.2 Å². The molecule has 1 aliphatic heterocycles. The van der Waals surface area contributed by atoms with Crippen molar-refractivity contribution in [2.75, 3.05) is 19.7 Å². The molecule has 1 N–H and O–H groups in total.